The molecule has 0 unspecified atom stereocenters. The first kappa shape index (κ1) is 13.8. The van der Waals surface area contributed by atoms with Crippen LogP contribution in [-0.2, 0) is 12.8 Å². The Balaban J connectivity index is 2.34. The van der Waals surface area contributed by atoms with Gasteiger partial charge < -0.3 is 0 Å². The summed E-state index contributed by atoms with van der Waals surface area (Å²) in [5.74, 6) is 0. The average Bonchev–Trinajstić information content (AvgIpc) is 2.31. The quantitative estimate of drug-likeness (QED) is 0.458. The Hall–Kier alpha value is -0.300. The first-order valence-electron chi connectivity index (χ1n) is 6.51. The van der Waals surface area contributed by atoms with E-state index in [9.17, 15) is 0 Å². The Kier molecular flexibility index (Phi) is 7.58. The number of hydrogen-bond donors (Lipinski definition) is 0. The molecule has 0 aliphatic heterocycles. The minimum atomic E-state index is 1.15. The predicted molar refractivity (Wildman–Crippen MR) is 76.4 cm³/mol. The van der Waals surface area contributed by atoms with Gasteiger partial charge in [-0.25, -0.2) is 0 Å². The molecule has 0 atom stereocenters. The second-order valence-electron chi connectivity index (χ2n) is 4.37. The van der Waals surface area contributed by atoms with Gasteiger partial charge in [-0.05, 0) is 36.8 Å². The van der Waals surface area contributed by atoms with Gasteiger partial charge >= 0.3 is 0 Å². The zero-order chi connectivity index (χ0) is 11.6. The number of benzene rings is 1. The van der Waals surface area contributed by atoms with E-state index in [1.807, 2.05) is 0 Å². The average molecular weight is 283 g/mol. The number of alkyl halides is 1. The molecule has 1 aromatic carbocycles. The van der Waals surface area contributed by atoms with E-state index in [1.165, 1.54) is 44.9 Å². The van der Waals surface area contributed by atoms with E-state index < -0.39 is 0 Å². The van der Waals surface area contributed by atoms with Gasteiger partial charge in [-0.1, -0.05) is 66.4 Å². The van der Waals surface area contributed by atoms with E-state index in [-0.39, 0.29) is 0 Å². The molecular weight excluding hydrogens is 260 g/mol. The molecule has 0 spiro atoms. The lowest BCUT2D eigenvalue weighted by Crippen LogP contribution is -1.94. The van der Waals surface area contributed by atoms with Gasteiger partial charge in [0, 0.05) is 5.33 Å². The lowest BCUT2D eigenvalue weighted by molar-refractivity contribution is 0.668. The van der Waals surface area contributed by atoms with E-state index in [0.29, 0.717) is 0 Å². The highest BCUT2D eigenvalue weighted by atomic mass is 79.9. The summed E-state index contributed by atoms with van der Waals surface area (Å²) in [6, 6.07) is 8.93. The lowest BCUT2D eigenvalue weighted by atomic mass is 9.98. The molecule has 0 amide bonds. The number of rotatable bonds is 8. The number of unbranched alkanes of at least 4 members (excludes halogenated alkanes) is 3. The van der Waals surface area contributed by atoms with Gasteiger partial charge in [0.25, 0.3) is 0 Å². The third-order valence-electron chi connectivity index (χ3n) is 2.97. The van der Waals surface area contributed by atoms with Crippen molar-refractivity contribution in [2.45, 2.75) is 51.9 Å². The summed E-state index contributed by atoms with van der Waals surface area (Å²) in [4.78, 5) is 0. The number of halogens is 1. The Morgan fingerprint density at radius 3 is 2.12 bits per heavy atom. The van der Waals surface area contributed by atoms with Crippen LogP contribution in [0.25, 0.3) is 0 Å². The summed E-state index contributed by atoms with van der Waals surface area (Å²) in [7, 11) is 0. The van der Waals surface area contributed by atoms with Crippen LogP contribution in [0.5, 0.6) is 0 Å². The van der Waals surface area contributed by atoms with Gasteiger partial charge in [-0.2, -0.15) is 0 Å². The maximum Gasteiger partial charge on any atom is 0.00313 e. The molecule has 0 N–H and O–H groups in total. The van der Waals surface area contributed by atoms with Crippen LogP contribution in [0.2, 0.25) is 0 Å². The predicted octanol–water partition coefficient (Wildman–Crippen LogP) is 5.14. The molecule has 0 aliphatic carbocycles. The third-order valence-corrected chi connectivity index (χ3v) is 3.53. The summed E-state index contributed by atoms with van der Waals surface area (Å²) in [5, 5.41) is 1.15. The van der Waals surface area contributed by atoms with Gasteiger partial charge in [-0.3, -0.25) is 0 Å². The van der Waals surface area contributed by atoms with E-state index in [0.717, 1.165) is 5.33 Å². The lowest BCUT2D eigenvalue weighted by Gasteiger charge is -2.08. The van der Waals surface area contributed by atoms with Crippen molar-refractivity contribution < 1.29 is 0 Å². The van der Waals surface area contributed by atoms with Crippen LogP contribution in [0.4, 0.5) is 0 Å². The molecule has 0 nitrogen and oxygen atoms in total. The Labute approximate surface area is 109 Å². The van der Waals surface area contributed by atoms with Crippen molar-refractivity contribution in [2.75, 3.05) is 5.33 Å². The van der Waals surface area contributed by atoms with Crippen molar-refractivity contribution in [1.82, 2.24) is 0 Å². The fraction of sp³-hybridized carbons (Fsp3) is 0.600. The monoisotopic (exact) mass is 282 g/mol. The highest BCUT2D eigenvalue weighted by Crippen LogP contribution is 2.15. The van der Waals surface area contributed by atoms with Gasteiger partial charge in [0.1, 0.15) is 0 Å². The smallest absolute Gasteiger partial charge is 0.00313 e. The van der Waals surface area contributed by atoms with Crippen molar-refractivity contribution in [2.24, 2.45) is 0 Å². The van der Waals surface area contributed by atoms with Crippen LogP contribution < -0.4 is 0 Å². The minimum absolute atomic E-state index is 1.15. The maximum absolute atomic E-state index is 3.48. The van der Waals surface area contributed by atoms with E-state index >= 15 is 0 Å². The molecule has 0 saturated carbocycles. The molecule has 1 heteroatoms. The van der Waals surface area contributed by atoms with Crippen LogP contribution in [0.15, 0.2) is 24.3 Å². The van der Waals surface area contributed by atoms with Gasteiger partial charge in [0.05, 0.1) is 0 Å². The van der Waals surface area contributed by atoms with Crippen molar-refractivity contribution >= 4 is 15.9 Å². The second-order valence-corrected chi connectivity index (χ2v) is 5.16. The van der Waals surface area contributed by atoms with Crippen LogP contribution >= 0.6 is 15.9 Å². The van der Waals surface area contributed by atoms with Gasteiger partial charge in [0.15, 0.2) is 0 Å². The Morgan fingerprint density at radius 1 is 0.875 bits per heavy atom. The molecule has 0 saturated heterocycles. The molecule has 1 aromatic rings. The van der Waals surface area contributed by atoms with Crippen LogP contribution in [0, 0.1) is 0 Å². The SMILES string of the molecule is CCCc1ccccc1CCCCCCBr. The summed E-state index contributed by atoms with van der Waals surface area (Å²) in [5.41, 5.74) is 3.13. The molecule has 0 aliphatic rings. The van der Waals surface area contributed by atoms with Crippen LogP contribution in [0.1, 0.15) is 50.2 Å². The number of aryl methyl sites for hydroxylation is 2. The zero-order valence-electron chi connectivity index (χ0n) is 10.3. The highest BCUT2D eigenvalue weighted by molar-refractivity contribution is 9.09. The molecular formula is C15H23Br. The highest BCUT2D eigenvalue weighted by Gasteiger charge is 2.00. The van der Waals surface area contributed by atoms with Crippen LogP contribution in [-0.4, -0.2) is 5.33 Å². The Morgan fingerprint density at radius 2 is 1.50 bits per heavy atom. The normalized spacial score (nSPS) is 10.6. The van der Waals surface area contributed by atoms with E-state index in [1.54, 1.807) is 11.1 Å². The van der Waals surface area contributed by atoms with Crippen molar-refractivity contribution in [3.05, 3.63) is 35.4 Å². The zero-order valence-corrected chi connectivity index (χ0v) is 11.9. The molecule has 90 valence electrons. The summed E-state index contributed by atoms with van der Waals surface area (Å²) >= 11 is 3.48. The fourth-order valence-corrected chi connectivity index (χ4v) is 2.47. The van der Waals surface area contributed by atoms with E-state index in [4.69, 9.17) is 0 Å². The topological polar surface area (TPSA) is 0 Å². The van der Waals surface area contributed by atoms with Crippen molar-refractivity contribution in [3.8, 4) is 0 Å². The third kappa shape index (κ3) is 5.16. The molecule has 1 rings (SSSR count). The summed E-state index contributed by atoms with van der Waals surface area (Å²) in [6.07, 6.45) is 9.13. The van der Waals surface area contributed by atoms with E-state index in [2.05, 4.69) is 47.1 Å². The molecule has 0 fully saturated rings. The van der Waals surface area contributed by atoms with Gasteiger partial charge in [-0.15, -0.1) is 0 Å². The number of hydrogen-bond acceptors (Lipinski definition) is 0. The maximum atomic E-state index is 3.48. The van der Waals surface area contributed by atoms with Crippen molar-refractivity contribution in [3.63, 3.8) is 0 Å². The van der Waals surface area contributed by atoms with Crippen molar-refractivity contribution in [1.29, 1.82) is 0 Å². The molecule has 0 bridgehead atoms. The van der Waals surface area contributed by atoms with Gasteiger partial charge in [0.2, 0.25) is 0 Å². The molecule has 0 radical (unpaired) electrons. The largest absolute Gasteiger partial charge is 0.0928 e. The Bertz CT molecular complexity index is 281. The minimum Gasteiger partial charge on any atom is -0.0928 e. The summed E-state index contributed by atoms with van der Waals surface area (Å²) < 4.78 is 0. The standard InChI is InChI=1S/C15H23Br/c1-2-9-14-11-6-7-12-15(14)10-5-3-4-8-13-16/h6-7,11-12H,2-5,8-10,13H2,1H3. The molecule has 16 heavy (non-hydrogen) atoms. The fourth-order valence-electron chi connectivity index (χ4n) is 2.08. The summed E-state index contributed by atoms with van der Waals surface area (Å²) in [6.45, 7) is 2.26. The second kappa shape index (κ2) is 8.81. The van der Waals surface area contributed by atoms with Crippen LogP contribution in [0.3, 0.4) is 0 Å². The molecule has 0 aromatic heterocycles. The first-order valence-corrected chi connectivity index (χ1v) is 7.63. The molecule has 0 heterocycles. The first-order chi connectivity index (χ1) is 7.88.